The smallest absolute Gasteiger partial charge is 0.438 e. The highest BCUT2D eigenvalue weighted by atomic mass is 32.2. The number of carbonyl (C=O) groups is 3. The van der Waals surface area contributed by atoms with Crippen molar-refractivity contribution < 1.29 is 32.3 Å². The Balaban J connectivity index is 1.68. The SMILES string of the molecule is COC(=O)O[C@H]1CCCN1C/C=C/C(=O)N1CC[C@H]2[C@H]1[C@@H](C(C)C)C(=O)N2S(C)(=O)=O. The number of likely N-dealkylation sites (tertiary alicyclic amines) is 2. The Hall–Kier alpha value is -2.14. The number of methoxy groups -OCH3 is 1. The van der Waals surface area contributed by atoms with E-state index in [2.05, 4.69) is 4.74 Å². The van der Waals surface area contributed by atoms with E-state index < -0.39 is 40.1 Å². The molecule has 0 aromatic rings. The summed E-state index contributed by atoms with van der Waals surface area (Å²) in [5.74, 6) is -1.30. The Morgan fingerprint density at radius 3 is 2.55 bits per heavy atom. The first kappa shape index (κ1) is 23.5. The Kier molecular flexibility index (Phi) is 6.95. The van der Waals surface area contributed by atoms with E-state index in [1.165, 1.54) is 13.2 Å². The number of sulfonamides is 1. The van der Waals surface area contributed by atoms with Crippen LogP contribution in [-0.2, 0) is 29.1 Å². The highest BCUT2D eigenvalue weighted by molar-refractivity contribution is 7.88. The van der Waals surface area contributed by atoms with Gasteiger partial charge in [0.15, 0.2) is 6.23 Å². The summed E-state index contributed by atoms with van der Waals surface area (Å²) in [6.07, 6.45) is 5.10. The number of amides is 2. The van der Waals surface area contributed by atoms with E-state index in [9.17, 15) is 22.8 Å². The van der Waals surface area contributed by atoms with Crippen molar-refractivity contribution in [2.45, 2.75) is 51.4 Å². The van der Waals surface area contributed by atoms with Gasteiger partial charge in [0.05, 0.1) is 31.4 Å². The molecule has 0 aliphatic carbocycles. The molecule has 0 N–H and O–H groups in total. The van der Waals surface area contributed by atoms with Gasteiger partial charge < -0.3 is 14.4 Å². The summed E-state index contributed by atoms with van der Waals surface area (Å²) >= 11 is 0. The summed E-state index contributed by atoms with van der Waals surface area (Å²) in [6, 6.07) is -0.967. The summed E-state index contributed by atoms with van der Waals surface area (Å²) in [5.41, 5.74) is 0. The molecule has 4 atom stereocenters. The fraction of sp³-hybridized carbons (Fsp3) is 0.750. The van der Waals surface area contributed by atoms with Crippen LogP contribution in [0.25, 0.3) is 0 Å². The van der Waals surface area contributed by atoms with Gasteiger partial charge in [-0.05, 0) is 25.2 Å². The number of hydrogen-bond acceptors (Lipinski definition) is 8. The maximum absolute atomic E-state index is 12.9. The van der Waals surface area contributed by atoms with Crippen LogP contribution in [-0.4, -0.2) is 91.8 Å². The molecule has 3 saturated heterocycles. The van der Waals surface area contributed by atoms with Crippen LogP contribution in [0.3, 0.4) is 0 Å². The standard InChI is InChI=1S/C20H31N3O7S/c1-13(2)17-18-14(23(19(17)25)31(4,27)28)9-12-22(18)15(24)7-5-10-21-11-6-8-16(21)30-20(26)29-3/h5,7,13-14,16-18H,6,8-12H2,1-4H3/b7-5+/t14-,16-,17+,18-/m0/s1. The molecule has 174 valence electrons. The van der Waals surface area contributed by atoms with E-state index in [0.29, 0.717) is 25.9 Å². The lowest BCUT2D eigenvalue weighted by Gasteiger charge is -2.28. The van der Waals surface area contributed by atoms with Gasteiger partial charge in [-0.25, -0.2) is 17.5 Å². The molecule has 0 radical (unpaired) electrons. The molecule has 2 amide bonds. The highest BCUT2D eigenvalue weighted by Crippen LogP contribution is 2.41. The van der Waals surface area contributed by atoms with E-state index in [1.54, 1.807) is 11.0 Å². The van der Waals surface area contributed by atoms with Crippen LogP contribution < -0.4 is 0 Å². The third-order valence-electron chi connectivity index (χ3n) is 6.25. The van der Waals surface area contributed by atoms with Crippen molar-refractivity contribution in [3.8, 4) is 0 Å². The zero-order chi connectivity index (χ0) is 22.9. The molecule has 31 heavy (non-hydrogen) atoms. The molecule has 0 saturated carbocycles. The Bertz CT molecular complexity index is 857. The van der Waals surface area contributed by atoms with Crippen molar-refractivity contribution in [3.05, 3.63) is 12.2 Å². The summed E-state index contributed by atoms with van der Waals surface area (Å²) in [6.45, 7) is 5.31. The minimum atomic E-state index is -3.70. The van der Waals surface area contributed by atoms with Gasteiger partial charge in [-0.3, -0.25) is 14.5 Å². The molecule has 0 bridgehead atoms. The summed E-state index contributed by atoms with van der Waals surface area (Å²) in [7, 11) is -2.44. The van der Waals surface area contributed by atoms with Gasteiger partial charge in [0, 0.05) is 25.7 Å². The van der Waals surface area contributed by atoms with Gasteiger partial charge >= 0.3 is 6.16 Å². The quantitative estimate of drug-likeness (QED) is 0.425. The van der Waals surface area contributed by atoms with Crippen LogP contribution in [0, 0.1) is 11.8 Å². The summed E-state index contributed by atoms with van der Waals surface area (Å²) in [5, 5.41) is 0. The van der Waals surface area contributed by atoms with Crippen LogP contribution >= 0.6 is 0 Å². The van der Waals surface area contributed by atoms with Crippen LogP contribution in [0.1, 0.15) is 33.1 Å². The van der Waals surface area contributed by atoms with Crippen molar-refractivity contribution in [1.29, 1.82) is 0 Å². The highest BCUT2D eigenvalue weighted by Gasteiger charge is 2.58. The molecular weight excluding hydrogens is 426 g/mol. The van der Waals surface area contributed by atoms with Crippen molar-refractivity contribution in [3.63, 3.8) is 0 Å². The number of nitrogens with zero attached hydrogens (tertiary/aromatic N) is 3. The average Bonchev–Trinajstić information content (AvgIpc) is 3.34. The lowest BCUT2D eigenvalue weighted by atomic mass is 9.88. The van der Waals surface area contributed by atoms with Crippen molar-refractivity contribution >= 4 is 28.0 Å². The molecule has 10 nitrogen and oxygen atoms in total. The van der Waals surface area contributed by atoms with Gasteiger partial charge in [0.2, 0.25) is 21.8 Å². The normalized spacial score (nSPS) is 29.3. The van der Waals surface area contributed by atoms with Gasteiger partial charge in [-0.1, -0.05) is 19.9 Å². The topological polar surface area (TPSA) is 114 Å². The predicted molar refractivity (Wildman–Crippen MR) is 111 cm³/mol. The Labute approximate surface area is 183 Å². The fourth-order valence-corrected chi connectivity index (χ4v) is 6.14. The van der Waals surface area contributed by atoms with E-state index >= 15 is 0 Å². The number of ether oxygens (including phenoxy) is 2. The van der Waals surface area contributed by atoms with Crippen LogP contribution in [0.5, 0.6) is 0 Å². The predicted octanol–water partition coefficient (Wildman–Crippen LogP) is 0.791. The van der Waals surface area contributed by atoms with Gasteiger partial charge in [0.25, 0.3) is 0 Å². The van der Waals surface area contributed by atoms with Crippen LogP contribution in [0.2, 0.25) is 0 Å². The third kappa shape index (κ3) is 4.72. The zero-order valence-corrected chi connectivity index (χ0v) is 19.2. The maximum atomic E-state index is 12.9. The number of hydrogen-bond donors (Lipinski definition) is 0. The lowest BCUT2D eigenvalue weighted by Crippen LogP contribution is -2.43. The van der Waals surface area contributed by atoms with Gasteiger partial charge in [-0.15, -0.1) is 0 Å². The number of rotatable bonds is 6. The number of carbonyl (C=O) groups excluding carboxylic acids is 3. The maximum Gasteiger partial charge on any atom is 0.509 e. The third-order valence-corrected chi connectivity index (χ3v) is 7.42. The first-order chi connectivity index (χ1) is 14.6. The van der Waals surface area contributed by atoms with E-state index in [4.69, 9.17) is 4.74 Å². The monoisotopic (exact) mass is 457 g/mol. The minimum Gasteiger partial charge on any atom is -0.438 e. The first-order valence-corrected chi connectivity index (χ1v) is 12.4. The first-order valence-electron chi connectivity index (χ1n) is 10.5. The largest absolute Gasteiger partial charge is 0.509 e. The molecule has 3 fully saturated rings. The van der Waals surface area contributed by atoms with Crippen molar-refractivity contribution in [2.24, 2.45) is 11.8 Å². The van der Waals surface area contributed by atoms with E-state index in [0.717, 1.165) is 23.5 Å². The average molecular weight is 458 g/mol. The second kappa shape index (κ2) is 9.15. The summed E-state index contributed by atoms with van der Waals surface area (Å²) in [4.78, 5) is 40.7. The zero-order valence-electron chi connectivity index (χ0n) is 18.4. The van der Waals surface area contributed by atoms with Crippen LogP contribution in [0.4, 0.5) is 4.79 Å². The molecule has 3 rings (SSSR count). The Morgan fingerprint density at radius 1 is 1.23 bits per heavy atom. The second-order valence-corrected chi connectivity index (χ2v) is 10.5. The van der Waals surface area contributed by atoms with E-state index in [1.807, 2.05) is 18.7 Å². The summed E-state index contributed by atoms with van der Waals surface area (Å²) < 4.78 is 35.2. The van der Waals surface area contributed by atoms with E-state index in [-0.39, 0.29) is 18.1 Å². The molecule has 3 aliphatic rings. The van der Waals surface area contributed by atoms with Gasteiger partial charge in [0.1, 0.15) is 0 Å². The molecule has 0 aromatic carbocycles. The molecule has 3 aliphatic heterocycles. The molecular formula is C20H31N3O7S. The van der Waals surface area contributed by atoms with Crippen molar-refractivity contribution in [2.75, 3.05) is 33.0 Å². The van der Waals surface area contributed by atoms with Gasteiger partial charge in [-0.2, -0.15) is 0 Å². The lowest BCUT2D eigenvalue weighted by molar-refractivity contribution is -0.131. The molecule has 3 heterocycles. The molecule has 11 heteroatoms. The number of fused-ring (bicyclic) bond motifs is 1. The molecule has 0 spiro atoms. The van der Waals surface area contributed by atoms with Crippen LogP contribution in [0.15, 0.2) is 12.2 Å². The fourth-order valence-electron chi connectivity index (χ4n) is 4.97. The molecule has 0 unspecified atom stereocenters. The van der Waals surface area contributed by atoms with Crippen molar-refractivity contribution in [1.82, 2.24) is 14.1 Å². The second-order valence-electron chi connectivity index (χ2n) is 8.61. The molecule has 0 aromatic heterocycles. The Morgan fingerprint density at radius 2 is 1.94 bits per heavy atom. The minimum absolute atomic E-state index is 0.0926.